The molecule has 1 unspecified atom stereocenters. The Morgan fingerprint density at radius 2 is 2.00 bits per heavy atom. The number of halogens is 2. The summed E-state index contributed by atoms with van der Waals surface area (Å²) < 4.78 is 25.4. The van der Waals surface area contributed by atoms with Crippen LogP contribution in [0.1, 0.15) is 25.7 Å². The highest BCUT2D eigenvalue weighted by Crippen LogP contribution is 2.65. The number of carboxylic acid groups (broad SMARTS) is 1. The van der Waals surface area contributed by atoms with Crippen LogP contribution in [-0.2, 0) is 4.79 Å². The smallest absolute Gasteiger partial charge is 0.316 e. The number of carboxylic acids is 1. The summed E-state index contributed by atoms with van der Waals surface area (Å²) in [4.78, 5) is 10.6. The first kappa shape index (κ1) is 7.95. The van der Waals surface area contributed by atoms with Crippen molar-refractivity contribution in [1.82, 2.24) is 0 Å². The molecule has 2 saturated carbocycles. The number of rotatable bonds is 3. The van der Waals surface area contributed by atoms with Crippen molar-refractivity contribution < 1.29 is 18.7 Å². The highest BCUT2D eigenvalue weighted by Gasteiger charge is 2.76. The second-order valence-corrected chi connectivity index (χ2v) is 3.92. The minimum absolute atomic E-state index is 0.176. The average molecular weight is 176 g/mol. The second kappa shape index (κ2) is 1.98. The normalized spacial score (nSPS) is 37.8. The molecule has 0 saturated heterocycles. The Morgan fingerprint density at radius 3 is 2.25 bits per heavy atom. The number of hydrogen-bond donors (Lipinski definition) is 1. The molecule has 0 spiro atoms. The van der Waals surface area contributed by atoms with Crippen LogP contribution in [0.15, 0.2) is 0 Å². The van der Waals surface area contributed by atoms with E-state index in [1.54, 1.807) is 0 Å². The van der Waals surface area contributed by atoms with Crippen molar-refractivity contribution >= 4 is 5.97 Å². The van der Waals surface area contributed by atoms with Gasteiger partial charge in [-0.2, -0.15) is 0 Å². The minimum Gasteiger partial charge on any atom is -0.481 e. The third-order valence-corrected chi connectivity index (χ3v) is 2.84. The lowest BCUT2D eigenvalue weighted by Crippen LogP contribution is -2.23. The van der Waals surface area contributed by atoms with Crippen molar-refractivity contribution in [1.29, 1.82) is 0 Å². The minimum atomic E-state index is -2.94. The number of alkyl halides is 2. The largest absolute Gasteiger partial charge is 0.481 e. The maximum Gasteiger partial charge on any atom is 0.316 e. The number of hydrogen-bond acceptors (Lipinski definition) is 1. The van der Waals surface area contributed by atoms with Crippen molar-refractivity contribution in [3.8, 4) is 0 Å². The summed E-state index contributed by atoms with van der Waals surface area (Å²) in [5.74, 6) is -4.02. The molecular weight excluding hydrogens is 166 g/mol. The summed E-state index contributed by atoms with van der Waals surface area (Å²) >= 11 is 0. The Kier molecular flexibility index (Phi) is 1.31. The maximum atomic E-state index is 12.7. The molecular formula is C8H10F2O2. The summed E-state index contributed by atoms with van der Waals surface area (Å²) in [6.07, 6.45) is 1.57. The molecule has 2 nitrogen and oxygen atoms in total. The van der Waals surface area contributed by atoms with Crippen LogP contribution in [0.2, 0.25) is 0 Å². The molecule has 4 heteroatoms. The fourth-order valence-electron chi connectivity index (χ4n) is 1.69. The lowest BCUT2D eigenvalue weighted by atomic mass is 9.99. The molecule has 2 rings (SSSR count). The first-order valence-electron chi connectivity index (χ1n) is 4.09. The fraction of sp³-hybridized carbons (Fsp3) is 0.875. The number of carbonyl (C=O) groups is 1. The van der Waals surface area contributed by atoms with Gasteiger partial charge in [0.05, 0.1) is 0 Å². The molecule has 2 aliphatic rings. The van der Waals surface area contributed by atoms with Crippen molar-refractivity contribution in [2.75, 3.05) is 0 Å². The molecule has 0 bridgehead atoms. The summed E-state index contributed by atoms with van der Waals surface area (Å²) in [6.45, 7) is 0. The van der Waals surface area contributed by atoms with E-state index < -0.39 is 23.7 Å². The Hall–Kier alpha value is -0.670. The van der Waals surface area contributed by atoms with E-state index in [0.29, 0.717) is 0 Å². The van der Waals surface area contributed by atoms with Gasteiger partial charge in [0.1, 0.15) is 5.41 Å². The van der Waals surface area contributed by atoms with Gasteiger partial charge >= 0.3 is 5.97 Å². The first-order chi connectivity index (χ1) is 5.48. The molecule has 0 aliphatic heterocycles. The van der Waals surface area contributed by atoms with Crippen molar-refractivity contribution in [3.63, 3.8) is 0 Å². The molecule has 0 aromatic rings. The van der Waals surface area contributed by atoms with Crippen LogP contribution in [0.5, 0.6) is 0 Å². The van der Waals surface area contributed by atoms with E-state index in [1.807, 2.05) is 0 Å². The SMILES string of the molecule is O=C(O)C1(CC2CC2)CC1(F)F. The third kappa shape index (κ3) is 0.934. The van der Waals surface area contributed by atoms with Crippen LogP contribution in [0, 0.1) is 11.3 Å². The molecule has 68 valence electrons. The van der Waals surface area contributed by atoms with Gasteiger partial charge in [0.25, 0.3) is 5.92 Å². The standard InChI is InChI=1S/C8H10F2O2/c9-8(10)4-7(8,6(11)12)3-5-1-2-5/h5H,1-4H2,(H,11,12). The van der Waals surface area contributed by atoms with Gasteiger partial charge in [0.2, 0.25) is 0 Å². The Balaban J connectivity index is 2.09. The van der Waals surface area contributed by atoms with Gasteiger partial charge in [-0.1, -0.05) is 12.8 Å². The molecule has 2 aliphatic carbocycles. The van der Waals surface area contributed by atoms with Crippen LogP contribution in [-0.4, -0.2) is 17.0 Å². The molecule has 0 radical (unpaired) electrons. The van der Waals surface area contributed by atoms with Gasteiger partial charge in [-0.05, 0) is 12.3 Å². The van der Waals surface area contributed by atoms with E-state index in [2.05, 4.69) is 0 Å². The molecule has 12 heavy (non-hydrogen) atoms. The van der Waals surface area contributed by atoms with E-state index in [-0.39, 0.29) is 12.3 Å². The number of aliphatic carboxylic acids is 1. The monoisotopic (exact) mass is 176 g/mol. The maximum absolute atomic E-state index is 12.7. The first-order valence-corrected chi connectivity index (χ1v) is 4.09. The van der Waals surface area contributed by atoms with Crippen LogP contribution >= 0.6 is 0 Å². The van der Waals surface area contributed by atoms with Gasteiger partial charge in [-0.3, -0.25) is 4.79 Å². The van der Waals surface area contributed by atoms with Gasteiger partial charge in [0.15, 0.2) is 0 Å². The van der Waals surface area contributed by atoms with Gasteiger partial charge in [-0.15, -0.1) is 0 Å². The van der Waals surface area contributed by atoms with Crippen LogP contribution < -0.4 is 0 Å². The van der Waals surface area contributed by atoms with E-state index in [1.165, 1.54) is 0 Å². The molecule has 0 amide bonds. The predicted molar refractivity (Wildman–Crippen MR) is 37.0 cm³/mol. The van der Waals surface area contributed by atoms with Gasteiger partial charge < -0.3 is 5.11 Å². The topological polar surface area (TPSA) is 37.3 Å². The highest BCUT2D eigenvalue weighted by atomic mass is 19.3. The fourth-order valence-corrected chi connectivity index (χ4v) is 1.69. The molecule has 0 aromatic carbocycles. The van der Waals surface area contributed by atoms with Crippen molar-refractivity contribution in [2.45, 2.75) is 31.6 Å². The summed E-state index contributed by atoms with van der Waals surface area (Å²) in [7, 11) is 0. The zero-order chi connectivity index (χ0) is 8.98. The summed E-state index contributed by atoms with van der Waals surface area (Å²) in [5.41, 5.74) is -1.69. The molecule has 1 N–H and O–H groups in total. The third-order valence-electron chi connectivity index (χ3n) is 2.84. The van der Waals surface area contributed by atoms with E-state index in [0.717, 1.165) is 12.8 Å². The van der Waals surface area contributed by atoms with Crippen molar-refractivity contribution in [2.24, 2.45) is 11.3 Å². The van der Waals surface area contributed by atoms with Crippen LogP contribution in [0.25, 0.3) is 0 Å². The summed E-state index contributed by atoms with van der Waals surface area (Å²) in [5, 5.41) is 8.64. The zero-order valence-electron chi connectivity index (χ0n) is 6.52. The predicted octanol–water partition coefficient (Wildman–Crippen LogP) is 1.90. The van der Waals surface area contributed by atoms with Crippen molar-refractivity contribution in [3.05, 3.63) is 0 Å². The van der Waals surface area contributed by atoms with Gasteiger partial charge in [0, 0.05) is 6.42 Å². The van der Waals surface area contributed by atoms with Crippen LogP contribution in [0.4, 0.5) is 8.78 Å². The van der Waals surface area contributed by atoms with E-state index in [4.69, 9.17) is 5.11 Å². The Bertz CT molecular complexity index is 235. The lowest BCUT2D eigenvalue weighted by molar-refractivity contribution is -0.148. The summed E-state index contributed by atoms with van der Waals surface area (Å²) in [6, 6.07) is 0. The Morgan fingerprint density at radius 1 is 1.50 bits per heavy atom. The molecule has 1 atom stereocenters. The molecule has 0 heterocycles. The average Bonchev–Trinajstić information content (AvgIpc) is 2.75. The quantitative estimate of drug-likeness (QED) is 0.713. The molecule has 0 aromatic heterocycles. The highest BCUT2D eigenvalue weighted by molar-refractivity contribution is 5.80. The van der Waals surface area contributed by atoms with E-state index in [9.17, 15) is 13.6 Å². The zero-order valence-corrected chi connectivity index (χ0v) is 6.52. The Labute approximate surface area is 68.6 Å². The second-order valence-electron chi connectivity index (χ2n) is 3.92. The van der Waals surface area contributed by atoms with Crippen LogP contribution in [0.3, 0.4) is 0 Å². The van der Waals surface area contributed by atoms with E-state index >= 15 is 0 Å². The molecule has 2 fully saturated rings. The van der Waals surface area contributed by atoms with Gasteiger partial charge in [-0.25, -0.2) is 8.78 Å². The lowest BCUT2D eigenvalue weighted by Gasteiger charge is -2.09.